The Labute approximate surface area is 144 Å². The molecule has 2 aromatic rings. The van der Waals surface area contributed by atoms with Crippen LogP contribution in [0, 0.1) is 13.8 Å². The molecular formula is C14H19N5O3S2. The van der Waals surface area contributed by atoms with Crippen molar-refractivity contribution in [3.8, 4) is 0 Å². The van der Waals surface area contributed by atoms with Gasteiger partial charge in [0.25, 0.3) is 5.91 Å². The molecule has 3 heterocycles. The van der Waals surface area contributed by atoms with E-state index < -0.39 is 10.0 Å². The number of nitrogens with one attached hydrogen (secondary N) is 1. The maximum atomic E-state index is 12.2. The summed E-state index contributed by atoms with van der Waals surface area (Å²) in [5.41, 5.74) is 2.27. The number of hydrogen-bond donors (Lipinski definition) is 1. The first-order chi connectivity index (χ1) is 11.2. The zero-order chi connectivity index (χ0) is 17.5. The predicted molar refractivity (Wildman–Crippen MR) is 90.2 cm³/mol. The van der Waals surface area contributed by atoms with Gasteiger partial charge < -0.3 is 5.32 Å². The van der Waals surface area contributed by atoms with E-state index in [-0.39, 0.29) is 5.91 Å². The highest BCUT2D eigenvalue weighted by atomic mass is 32.2. The van der Waals surface area contributed by atoms with Gasteiger partial charge >= 0.3 is 0 Å². The molecule has 8 nitrogen and oxygen atoms in total. The van der Waals surface area contributed by atoms with Gasteiger partial charge in [-0.1, -0.05) is 0 Å². The van der Waals surface area contributed by atoms with Crippen LogP contribution < -0.4 is 5.32 Å². The summed E-state index contributed by atoms with van der Waals surface area (Å²) < 4.78 is 26.5. The van der Waals surface area contributed by atoms with Crippen molar-refractivity contribution in [3.63, 3.8) is 0 Å². The van der Waals surface area contributed by atoms with Crippen molar-refractivity contribution in [2.24, 2.45) is 0 Å². The number of nitrogens with zero attached hydrogens (tertiary/aromatic N) is 4. The van der Waals surface area contributed by atoms with Gasteiger partial charge in [-0.2, -0.15) is 9.40 Å². The lowest BCUT2D eigenvalue weighted by molar-refractivity contribution is 0.0953. The lowest BCUT2D eigenvalue weighted by Gasteiger charge is -2.25. The molecule has 24 heavy (non-hydrogen) atoms. The largest absolute Gasteiger partial charge is 0.346 e. The third-order valence-electron chi connectivity index (χ3n) is 3.82. The summed E-state index contributed by atoms with van der Waals surface area (Å²) in [7, 11) is -3.21. The normalized spacial score (nSPS) is 15.3. The topological polar surface area (TPSA) is 97.2 Å². The van der Waals surface area contributed by atoms with Crippen molar-refractivity contribution >= 4 is 27.3 Å². The van der Waals surface area contributed by atoms with Gasteiger partial charge in [-0.15, -0.1) is 11.3 Å². The fourth-order valence-corrected chi connectivity index (χ4v) is 4.28. The van der Waals surface area contributed by atoms with E-state index in [1.165, 1.54) is 21.9 Å². The molecule has 1 amide bonds. The van der Waals surface area contributed by atoms with Crippen LogP contribution in [0.5, 0.6) is 0 Å². The number of aromatic nitrogens is 3. The zero-order valence-corrected chi connectivity index (χ0v) is 15.4. The fourth-order valence-electron chi connectivity index (χ4n) is 2.66. The molecular weight excluding hydrogens is 350 g/mol. The molecule has 0 saturated heterocycles. The van der Waals surface area contributed by atoms with Crippen LogP contribution in [0.3, 0.4) is 0 Å². The first kappa shape index (κ1) is 17.1. The highest BCUT2D eigenvalue weighted by Gasteiger charge is 2.24. The van der Waals surface area contributed by atoms with Crippen molar-refractivity contribution in [1.29, 1.82) is 0 Å². The monoisotopic (exact) mass is 369 g/mol. The second kappa shape index (κ2) is 6.26. The van der Waals surface area contributed by atoms with E-state index in [0.717, 1.165) is 16.4 Å². The van der Waals surface area contributed by atoms with E-state index in [4.69, 9.17) is 0 Å². The molecule has 2 aromatic heterocycles. The van der Waals surface area contributed by atoms with E-state index in [2.05, 4.69) is 15.4 Å². The van der Waals surface area contributed by atoms with Gasteiger partial charge in [0.15, 0.2) is 0 Å². The van der Waals surface area contributed by atoms with Gasteiger partial charge in [0.05, 0.1) is 48.0 Å². The number of aryl methyl sites for hydroxylation is 2. The molecule has 130 valence electrons. The van der Waals surface area contributed by atoms with Gasteiger partial charge in [-0.3, -0.25) is 9.48 Å². The number of fused-ring (bicyclic) bond motifs is 1. The predicted octanol–water partition coefficient (Wildman–Crippen LogP) is 0.662. The number of carbonyl (C=O) groups is 1. The Hall–Kier alpha value is -1.78. The molecule has 0 saturated carbocycles. The highest BCUT2D eigenvalue weighted by molar-refractivity contribution is 7.88. The van der Waals surface area contributed by atoms with Crippen LogP contribution in [0.4, 0.5) is 0 Å². The van der Waals surface area contributed by atoms with Crippen LogP contribution in [0.1, 0.15) is 31.8 Å². The molecule has 0 aliphatic carbocycles. The standard InChI is InChI=1S/C14H19N5O3S2/c1-9-13(23-10(2)16-9)14(20)15-7-11-6-12-8-18(24(3,21)22)4-5-19(12)17-11/h6H,4-5,7-8H2,1-3H3,(H,15,20). The van der Waals surface area contributed by atoms with E-state index in [0.29, 0.717) is 36.8 Å². The number of hydrogen-bond acceptors (Lipinski definition) is 6. The maximum Gasteiger partial charge on any atom is 0.263 e. The molecule has 0 unspecified atom stereocenters. The summed E-state index contributed by atoms with van der Waals surface area (Å²) >= 11 is 1.37. The number of sulfonamides is 1. The first-order valence-corrected chi connectivity index (χ1v) is 10.1. The minimum absolute atomic E-state index is 0.165. The average Bonchev–Trinajstić information content (AvgIpc) is 3.05. The van der Waals surface area contributed by atoms with Crippen LogP contribution in [0.15, 0.2) is 6.07 Å². The van der Waals surface area contributed by atoms with Crippen molar-refractivity contribution in [1.82, 2.24) is 24.4 Å². The smallest absolute Gasteiger partial charge is 0.263 e. The van der Waals surface area contributed by atoms with Crippen molar-refractivity contribution in [2.45, 2.75) is 33.5 Å². The summed E-state index contributed by atoms with van der Waals surface area (Å²) in [5.74, 6) is -0.165. The van der Waals surface area contributed by atoms with Crippen LogP contribution in [0.25, 0.3) is 0 Å². The third kappa shape index (κ3) is 3.50. The Morgan fingerprint density at radius 3 is 2.75 bits per heavy atom. The summed E-state index contributed by atoms with van der Waals surface area (Å²) in [4.78, 5) is 17.1. The Kier molecular flexibility index (Phi) is 4.45. The minimum atomic E-state index is -3.21. The molecule has 1 aliphatic heterocycles. The minimum Gasteiger partial charge on any atom is -0.346 e. The van der Waals surface area contributed by atoms with Crippen molar-refractivity contribution in [2.75, 3.05) is 12.8 Å². The quantitative estimate of drug-likeness (QED) is 0.854. The second-order valence-corrected chi connectivity index (χ2v) is 8.96. The lowest BCUT2D eigenvalue weighted by atomic mass is 10.3. The highest BCUT2D eigenvalue weighted by Crippen LogP contribution is 2.18. The molecule has 0 aromatic carbocycles. The van der Waals surface area contributed by atoms with E-state index in [1.54, 1.807) is 4.68 Å². The molecule has 0 radical (unpaired) electrons. The van der Waals surface area contributed by atoms with Gasteiger partial charge in [-0.05, 0) is 19.9 Å². The molecule has 0 atom stereocenters. The summed E-state index contributed by atoms with van der Waals surface area (Å²) in [6.45, 7) is 5.22. The van der Waals surface area contributed by atoms with Crippen LogP contribution in [-0.2, 0) is 29.7 Å². The maximum absolute atomic E-state index is 12.2. The second-order valence-electron chi connectivity index (χ2n) is 5.78. The molecule has 3 rings (SSSR count). The lowest BCUT2D eigenvalue weighted by Crippen LogP contribution is -2.37. The molecule has 10 heteroatoms. The number of thiazole rings is 1. The SMILES string of the molecule is Cc1nc(C)c(C(=O)NCc2cc3n(n2)CCN(S(C)(=O)=O)C3)s1. The van der Waals surface area contributed by atoms with E-state index in [1.807, 2.05) is 19.9 Å². The van der Waals surface area contributed by atoms with E-state index in [9.17, 15) is 13.2 Å². The van der Waals surface area contributed by atoms with Gasteiger partial charge in [-0.25, -0.2) is 13.4 Å². The number of carbonyl (C=O) groups excluding carboxylic acids is 1. The Bertz CT molecular complexity index is 884. The number of rotatable bonds is 4. The van der Waals surface area contributed by atoms with Gasteiger partial charge in [0.1, 0.15) is 4.88 Å². The number of amides is 1. The summed E-state index contributed by atoms with van der Waals surface area (Å²) in [5, 5.41) is 8.13. The third-order valence-corrected chi connectivity index (χ3v) is 6.14. The fraction of sp³-hybridized carbons (Fsp3) is 0.500. The Morgan fingerprint density at radius 2 is 2.12 bits per heavy atom. The molecule has 0 bridgehead atoms. The van der Waals surface area contributed by atoms with Crippen molar-refractivity contribution < 1.29 is 13.2 Å². The molecule has 1 aliphatic rings. The molecule has 0 spiro atoms. The van der Waals surface area contributed by atoms with Crippen LogP contribution in [-0.4, -0.2) is 46.2 Å². The van der Waals surface area contributed by atoms with Gasteiger partial charge in [0.2, 0.25) is 10.0 Å². The zero-order valence-electron chi connectivity index (χ0n) is 13.7. The Morgan fingerprint density at radius 1 is 1.38 bits per heavy atom. The first-order valence-electron chi connectivity index (χ1n) is 7.47. The Balaban J connectivity index is 1.67. The van der Waals surface area contributed by atoms with Crippen LogP contribution >= 0.6 is 11.3 Å². The van der Waals surface area contributed by atoms with E-state index >= 15 is 0 Å². The summed E-state index contributed by atoms with van der Waals surface area (Å²) in [6.07, 6.45) is 1.21. The van der Waals surface area contributed by atoms with Crippen LogP contribution in [0.2, 0.25) is 0 Å². The average molecular weight is 369 g/mol. The van der Waals surface area contributed by atoms with Crippen molar-refractivity contribution in [3.05, 3.63) is 33.0 Å². The molecule has 0 fully saturated rings. The summed E-state index contributed by atoms with van der Waals surface area (Å²) in [6, 6.07) is 1.84. The van der Waals surface area contributed by atoms with Gasteiger partial charge in [0, 0.05) is 6.54 Å². The molecule has 1 N–H and O–H groups in total.